The zero-order chi connectivity index (χ0) is 18.3. The van der Waals surface area contributed by atoms with Gasteiger partial charge < -0.3 is 10.6 Å². The smallest absolute Gasteiger partial charge is 0.236 e. The lowest BCUT2D eigenvalue weighted by Gasteiger charge is -2.35. The fourth-order valence-electron chi connectivity index (χ4n) is 3.93. The van der Waals surface area contributed by atoms with E-state index in [4.69, 9.17) is 0 Å². The molecule has 5 nitrogen and oxygen atoms in total. The van der Waals surface area contributed by atoms with Gasteiger partial charge in [0.05, 0.1) is 15.6 Å². The van der Waals surface area contributed by atoms with Crippen LogP contribution < -0.4 is 10.6 Å². The minimum absolute atomic E-state index is 0.146. The Kier molecular flexibility index (Phi) is 4.08. The first-order valence-corrected chi connectivity index (χ1v) is 10.5. The van der Waals surface area contributed by atoms with Crippen molar-refractivity contribution in [3.8, 4) is 0 Å². The molecule has 27 heavy (non-hydrogen) atoms. The van der Waals surface area contributed by atoms with E-state index in [2.05, 4.69) is 38.8 Å². The molecule has 6 rings (SSSR count). The number of carbonyl (C=O) groups is 1. The second-order valence-electron chi connectivity index (χ2n) is 7.55. The SMILES string of the molecule is O=C1Nc2ncccc2C12CCC2.c1ccc2sc(NC3CCC3)nc2c1. The summed E-state index contributed by atoms with van der Waals surface area (Å²) in [6.07, 6.45) is 8.81. The van der Waals surface area contributed by atoms with E-state index in [0.717, 1.165) is 41.3 Å². The normalized spacial score (nSPS) is 19.5. The number of rotatable bonds is 2. The van der Waals surface area contributed by atoms with Gasteiger partial charge in [0.1, 0.15) is 5.82 Å². The number of nitrogens with zero attached hydrogens (tertiary/aromatic N) is 2. The summed E-state index contributed by atoms with van der Waals surface area (Å²) in [6, 6.07) is 12.9. The van der Waals surface area contributed by atoms with Crippen LogP contribution in [0.25, 0.3) is 10.2 Å². The van der Waals surface area contributed by atoms with E-state index in [1.165, 1.54) is 24.0 Å². The van der Waals surface area contributed by atoms with E-state index >= 15 is 0 Å². The molecule has 2 N–H and O–H groups in total. The van der Waals surface area contributed by atoms with Crippen LogP contribution in [0.5, 0.6) is 0 Å². The van der Waals surface area contributed by atoms with Gasteiger partial charge in [-0.1, -0.05) is 36.0 Å². The van der Waals surface area contributed by atoms with Crippen molar-refractivity contribution in [1.82, 2.24) is 9.97 Å². The average molecular weight is 379 g/mol. The summed E-state index contributed by atoms with van der Waals surface area (Å²) in [5, 5.41) is 7.39. The van der Waals surface area contributed by atoms with Crippen LogP contribution in [0.1, 0.15) is 44.1 Å². The topological polar surface area (TPSA) is 66.9 Å². The second kappa shape index (κ2) is 6.60. The zero-order valence-electron chi connectivity index (χ0n) is 15.1. The predicted octanol–water partition coefficient (Wildman–Crippen LogP) is 4.72. The molecule has 1 aromatic carbocycles. The molecule has 1 amide bonds. The van der Waals surface area contributed by atoms with Gasteiger partial charge in [-0.25, -0.2) is 9.97 Å². The number of anilines is 2. The number of thiazole rings is 1. The number of nitrogens with one attached hydrogen (secondary N) is 2. The lowest BCUT2D eigenvalue weighted by Crippen LogP contribution is -2.40. The van der Waals surface area contributed by atoms with Crippen molar-refractivity contribution in [2.24, 2.45) is 0 Å². The molecule has 0 bridgehead atoms. The van der Waals surface area contributed by atoms with E-state index in [1.54, 1.807) is 17.5 Å². The van der Waals surface area contributed by atoms with Crippen molar-refractivity contribution in [3.05, 3.63) is 48.2 Å². The first-order valence-electron chi connectivity index (χ1n) is 9.64. The Bertz CT molecular complexity index is 958. The van der Waals surface area contributed by atoms with E-state index in [9.17, 15) is 4.79 Å². The lowest BCUT2D eigenvalue weighted by atomic mass is 9.65. The molecule has 0 unspecified atom stereocenters. The maximum atomic E-state index is 11.7. The van der Waals surface area contributed by atoms with Crippen LogP contribution in [-0.4, -0.2) is 21.9 Å². The van der Waals surface area contributed by atoms with Gasteiger partial charge >= 0.3 is 0 Å². The van der Waals surface area contributed by atoms with Gasteiger partial charge in [0.2, 0.25) is 5.91 Å². The monoisotopic (exact) mass is 378 g/mol. The van der Waals surface area contributed by atoms with Gasteiger partial charge in [-0.05, 0) is 50.3 Å². The van der Waals surface area contributed by atoms with Crippen molar-refractivity contribution in [2.45, 2.75) is 50.0 Å². The maximum absolute atomic E-state index is 11.7. The summed E-state index contributed by atoms with van der Waals surface area (Å²) >= 11 is 1.75. The van der Waals surface area contributed by atoms with Crippen molar-refractivity contribution in [2.75, 3.05) is 10.6 Å². The molecule has 3 aliphatic rings. The molecule has 1 aliphatic heterocycles. The molecule has 6 heteroatoms. The highest BCUT2D eigenvalue weighted by Gasteiger charge is 2.51. The van der Waals surface area contributed by atoms with E-state index in [1.807, 2.05) is 18.2 Å². The van der Waals surface area contributed by atoms with Crippen molar-refractivity contribution in [3.63, 3.8) is 0 Å². The summed E-state index contributed by atoms with van der Waals surface area (Å²) in [6.45, 7) is 0. The molecular formula is C21H22N4OS. The van der Waals surface area contributed by atoms with Crippen LogP contribution >= 0.6 is 11.3 Å². The predicted molar refractivity (Wildman–Crippen MR) is 109 cm³/mol. The Hall–Kier alpha value is -2.47. The van der Waals surface area contributed by atoms with Gasteiger partial charge in [0, 0.05) is 17.8 Å². The van der Waals surface area contributed by atoms with Crippen LogP contribution in [0.15, 0.2) is 42.6 Å². The molecule has 3 heterocycles. The Balaban J connectivity index is 0.000000119. The minimum atomic E-state index is -0.205. The molecule has 2 aliphatic carbocycles. The Morgan fingerprint density at radius 1 is 1.11 bits per heavy atom. The molecule has 0 radical (unpaired) electrons. The van der Waals surface area contributed by atoms with Crippen LogP contribution in [-0.2, 0) is 10.2 Å². The van der Waals surface area contributed by atoms with Gasteiger partial charge in [-0.15, -0.1) is 0 Å². The van der Waals surface area contributed by atoms with Crippen molar-refractivity contribution in [1.29, 1.82) is 0 Å². The van der Waals surface area contributed by atoms with Crippen LogP contribution in [0, 0.1) is 0 Å². The number of benzene rings is 1. The number of fused-ring (bicyclic) bond motifs is 3. The first kappa shape index (κ1) is 16.7. The summed E-state index contributed by atoms with van der Waals surface area (Å²) < 4.78 is 1.27. The van der Waals surface area contributed by atoms with Crippen LogP contribution in [0.2, 0.25) is 0 Å². The van der Waals surface area contributed by atoms with Crippen molar-refractivity contribution < 1.29 is 4.79 Å². The summed E-state index contributed by atoms with van der Waals surface area (Å²) in [5.74, 6) is 0.916. The number of carbonyl (C=O) groups excluding carboxylic acids is 1. The fraction of sp³-hybridized carbons (Fsp3) is 0.381. The van der Waals surface area contributed by atoms with Gasteiger partial charge in [-0.3, -0.25) is 4.79 Å². The maximum Gasteiger partial charge on any atom is 0.236 e. The van der Waals surface area contributed by atoms with Gasteiger partial charge in [-0.2, -0.15) is 0 Å². The third-order valence-corrected chi connectivity index (χ3v) is 6.89. The molecule has 138 valence electrons. The number of amides is 1. The largest absolute Gasteiger partial charge is 0.359 e. The molecule has 2 saturated carbocycles. The number of hydrogen-bond acceptors (Lipinski definition) is 5. The number of para-hydroxylation sites is 1. The summed E-state index contributed by atoms with van der Waals surface area (Å²) in [7, 11) is 0. The highest BCUT2D eigenvalue weighted by Crippen LogP contribution is 2.50. The van der Waals surface area contributed by atoms with E-state index in [0.29, 0.717) is 6.04 Å². The average Bonchev–Trinajstić information content (AvgIpc) is 3.15. The highest BCUT2D eigenvalue weighted by atomic mass is 32.1. The minimum Gasteiger partial charge on any atom is -0.359 e. The first-order chi connectivity index (χ1) is 13.2. The standard InChI is InChI=1S/C11H12N2S.C10H10N2O/c1-2-7-10-9(6-1)13-11(14-10)12-8-4-3-5-8;13-9-10(4-2-5-10)7-3-1-6-11-8(7)12-9/h1-2,6-8H,3-5H2,(H,12,13);1,3,6H,2,4-5H2,(H,11,12,13). The Labute approximate surface area is 162 Å². The zero-order valence-corrected chi connectivity index (χ0v) is 15.9. The Morgan fingerprint density at radius 3 is 2.67 bits per heavy atom. The molecule has 2 aromatic heterocycles. The molecule has 1 spiro atoms. The summed E-state index contributed by atoms with van der Waals surface area (Å²) in [4.78, 5) is 20.4. The molecule has 2 fully saturated rings. The van der Waals surface area contributed by atoms with Crippen molar-refractivity contribution >= 4 is 38.4 Å². The molecule has 0 saturated heterocycles. The molecular weight excluding hydrogens is 356 g/mol. The second-order valence-corrected chi connectivity index (χ2v) is 8.58. The fourth-order valence-corrected chi connectivity index (χ4v) is 4.87. The molecule has 0 atom stereocenters. The third kappa shape index (κ3) is 2.88. The third-order valence-electron chi connectivity index (χ3n) is 5.92. The van der Waals surface area contributed by atoms with Crippen LogP contribution in [0.4, 0.5) is 10.9 Å². The highest BCUT2D eigenvalue weighted by molar-refractivity contribution is 7.22. The van der Waals surface area contributed by atoms with E-state index in [-0.39, 0.29) is 11.3 Å². The lowest BCUT2D eigenvalue weighted by molar-refractivity contribution is -0.123. The number of pyridine rings is 1. The Morgan fingerprint density at radius 2 is 1.96 bits per heavy atom. The van der Waals surface area contributed by atoms with Gasteiger partial charge in [0.15, 0.2) is 5.13 Å². The van der Waals surface area contributed by atoms with Crippen LogP contribution in [0.3, 0.4) is 0 Å². The van der Waals surface area contributed by atoms with E-state index < -0.39 is 0 Å². The quantitative estimate of drug-likeness (QED) is 0.677. The summed E-state index contributed by atoms with van der Waals surface area (Å²) in [5.41, 5.74) is 2.01. The number of hydrogen-bond donors (Lipinski definition) is 2. The molecule has 3 aromatic rings. The van der Waals surface area contributed by atoms with Gasteiger partial charge in [0.25, 0.3) is 0 Å². The number of aromatic nitrogens is 2.